The number of nitrogens with one attached hydrogen (secondary N) is 4. The van der Waals surface area contributed by atoms with E-state index in [1.807, 2.05) is 12.1 Å². The molecule has 2 saturated heterocycles. The average molecular weight is 767 g/mol. The maximum atomic E-state index is 14.0. The van der Waals surface area contributed by atoms with E-state index in [4.69, 9.17) is 15.5 Å². The molecule has 0 spiro atoms. The molecule has 2 fully saturated rings. The molecule has 290 valence electrons. The zero-order valence-corrected chi connectivity index (χ0v) is 29.9. The van der Waals surface area contributed by atoms with Gasteiger partial charge in [0.05, 0.1) is 17.4 Å². The molecule has 0 aliphatic carbocycles. The van der Waals surface area contributed by atoms with E-state index in [1.165, 1.54) is 0 Å². The lowest BCUT2D eigenvalue weighted by Gasteiger charge is -2.34. The summed E-state index contributed by atoms with van der Waals surface area (Å²) in [5, 5.41) is 19.5. The van der Waals surface area contributed by atoms with Gasteiger partial charge in [0.15, 0.2) is 0 Å². The highest BCUT2D eigenvalue weighted by molar-refractivity contribution is 7.85. The third-order valence-corrected chi connectivity index (χ3v) is 9.86. The molecule has 3 heterocycles. The van der Waals surface area contributed by atoms with E-state index in [1.54, 1.807) is 28.0 Å². The lowest BCUT2D eigenvalue weighted by molar-refractivity contribution is -0.144. The van der Waals surface area contributed by atoms with Crippen molar-refractivity contribution in [3.63, 3.8) is 0 Å². The highest BCUT2D eigenvalue weighted by Gasteiger charge is 2.38. The Kier molecular flexibility index (Phi) is 14.6. The Morgan fingerprint density at radius 3 is 2.28 bits per heavy atom. The second-order valence-electron chi connectivity index (χ2n) is 13.1. The largest absolute Gasteiger partial charge is 0.451 e. The summed E-state index contributed by atoms with van der Waals surface area (Å²) in [5.41, 5.74) is 6.92. The summed E-state index contributed by atoms with van der Waals surface area (Å²) >= 11 is 0. The third-order valence-electron chi connectivity index (χ3n) is 9.08. The molecule has 4 rings (SSSR count). The van der Waals surface area contributed by atoms with Crippen LogP contribution in [0.1, 0.15) is 55.5 Å². The Morgan fingerprint density at radius 1 is 0.962 bits per heavy atom. The highest BCUT2D eigenvalue weighted by Crippen LogP contribution is 2.34. The van der Waals surface area contributed by atoms with E-state index in [0.717, 1.165) is 5.56 Å². The van der Waals surface area contributed by atoms with E-state index >= 15 is 0 Å². The quantitative estimate of drug-likeness (QED) is 0.105. The fraction of sp³-hybridized carbons (Fsp3) is 0.576. The van der Waals surface area contributed by atoms with Crippen LogP contribution in [-0.4, -0.2) is 104 Å². The van der Waals surface area contributed by atoms with E-state index in [-0.39, 0.29) is 49.0 Å². The van der Waals surface area contributed by atoms with Crippen molar-refractivity contribution in [1.82, 2.24) is 31.2 Å². The van der Waals surface area contributed by atoms with Crippen LogP contribution in [0.25, 0.3) is 0 Å². The summed E-state index contributed by atoms with van der Waals surface area (Å²) in [5.74, 6) is -2.66. The molecule has 0 saturated carbocycles. The number of hydrogen-bond donors (Lipinski definition) is 6. The van der Waals surface area contributed by atoms with E-state index < -0.39 is 45.9 Å². The second-order valence-corrected chi connectivity index (χ2v) is 14.6. The summed E-state index contributed by atoms with van der Waals surface area (Å²) in [6, 6.07) is 8.45. The van der Waals surface area contributed by atoms with Crippen molar-refractivity contribution >= 4 is 39.6 Å². The lowest BCUT2D eigenvalue weighted by Crippen LogP contribution is -2.47. The van der Waals surface area contributed by atoms with Gasteiger partial charge in [-0.1, -0.05) is 12.1 Å². The van der Waals surface area contributed by atoms with Crippen molar-refractivity contribution < 1.29 is 40.5 Å². The first-order chi connectivity index (χ1) is 25.1. The van der Waals surface area contributed by atoms with Crippen LogP contribution in [0.15, 0.2) is 30.3 Å². The van der Waals surface area contributed by atoms with Crippen molar-refractivity contribution in [2.75, 3.05) is 61.4 Å². The molecule has 2 aromatic rings. The zero-order valence-electron chi connectivity index (χ0n) is 29.1. The average Bonchev–Trinajstić information content (AvgIpc) is 3.57. The van der Waals surface area contributed by atoms with Gasteiger partial charge in [-0.05, 0) is 62.1 Å². The SMILES string of the molecule is N#Cc1ccc(CCNC(=O)C[C@@H]2CCCN2c2cc(N3CCC(CCNC(=O)NCCNC(=O)[C@@H](N)CS(=O)(=O)O)CC3)nc(C(F)(F)F)n2)cc1. The number of nitriles is 1. The van der Waals surface area contributed by atoms with Crippen molar-refractivity contribution in [3.8, 4) is 6.07 Å². The summed E-state index contributed by atoms with van der Waals surface area (Å²) in [7, 11) is -4.41. The van der Waals surface area contributed by atoms with Gasteiger partial charge in [0.25, 0.3) is 10.1 Å². The van der Waals surface area contributed by atoms with Gasteiger partial charge >= 0.3 is 12.2 Å². The normalized spacial score (nSPS) is 17.2. The molecule has 53 heavy (non-hydrogen) atoms. The number of rotatable bonds is 16. The molecule has 20 heteroatoms. The van der Waals surface area contributed by atoms with Crippen molar-refractivity contribution in [3.05, 3.63) is 47.3 Å². The number of carbonyl (C=O) groups excluding carboxylic acids is 3. The second kappa shape index (κ2) is 18.8. The molecular weight excluding hydrogens is 721 g/mol. The number of aromatic nitrogens is 2. The highest BCUT2D eigenvalue weighted by atomic mass is 32.2. The maximum absolute atomic E-state index is 14.0. The smallest absolute Gasteiger partial charge is 0.356 e. The van der Waals surface area contributed by atoms with Crippen molar-refractivity contribution in [2.45, 2.75) is 63.2 Å². The van der Waals surface area contributed by atoms with Crippen LogP contribution in [0.3, 0.4) is 0 Å². The fourth-order valence-corrected chi connectivity index (χ4v) is 6.89. The van der Waals surface area contributed by atoms with Crippen LogP contribution in [0.5, 0.6) is 0 Å². The number of urea groups is 1. The van der Waals surface area contributed by atoms with Gasteiger partial charge in [-0.2, -0.15) is 26.9 Å². The first-order valence-electron chi connectivity index (χ1n) is 17.3. The monoisotopic (exact) mass is 766 g/mol. The first kappa shape index (κ1) is 41.0. The van der Waals surface area contributed by atoms with Crippen LogP contribution in [-0.2, 0) is 32.3 Å². The number of hydrogen-bond acceptors (Lipinski definition) is 11. The Hall–Kier alpha value is -4.74. The minimum atomic E-state index is -4.77. The first-order valence-corrected chi connectivity index (χ1v) is 19.0. The molecule has 7 N–H and O–H groups in total. The predicted octanol–water partition coefficient (Wildman–Crippen LogP) is 1.32. The van der Waals surface area contributed by atoms with Gasteiger partial charge in [-0.15, -0.1) is 0 Å². The number of nitrogens with zero attached hydrogens (tertiary/aromatic N) is 5. The van der Waals surface area contributed by atoms with Gasteiger partial charge in [0.1, 0.15) is 17.7 Å². The molecule has 1 aromatic heterocycles. The molecule has 16 nitrogen and oxygen atoms in total. The minimum absolute atomic E-state index is 0.0134. The Labute approximate surface area is 305 Å². The van der Waals surface area contributed by atoms with Crippen LogP contribution in [0.4, 0.5) is 29.6 Å². The molecule has 2 aliphatic heterocycles. The Bertz CT molecular complexity index is 1720. The zero-order chi connectivity index (χ0) is 38.6. The summed E-state index contributed by atoms with van der Waals surface area (Å²) in [6.07, 6.45) is -0.798. The Balaban J connectivity index is 1.23. The molecule has 0 bridgehead atoms. The van der Waals surface area contributed by atoms with E-state index in [2.05, 4.69) is 37.3 Å². The van der Waals surface area contributed by atoms with E-state index in [0.29, 0.717) is 76.8 Å². The van der Waals surface area contributed by atoms with Crippen LogP contribution in [0, 0.1) is 17.2 Å². The van der Waals surface area contributed by atoms with Crippen molar-refractivity contribution in [1.29, 1.82) is 5.26 Å². The number of piperidine rings is 1. The molecule has 2 atom stereocenters. The topological polar surface area (TPSA) is 236 Å². The lowest BCUT2D eigenvalue weighted by atomic mass is 9.93. The minimum Gasteiger partial charge on any atom is -0.356 e. The summed E-state index contributed by atoms with van der Waals surface area (Å²) in [6.45, 7) is 2.12. The van der Waals surface area contributed by atoms with Gasteiger partial charge in [0.2, 0.25) is 17.6 Å². The number of alkyl halides is 3. The van der Waals surface area contributed by atoms with Gasteiger partial charge in [-0.25, -0.2) is 14.8 Å². The molecular formula is C33H45F3N10O6S. The van der Waals surface area contributed by atoms with Crippen LogP contribution < -0.4 is 36.8 Å². The number of halogens is 3. The third kappa shape index (κ3) is 13.3. The molecule has 4 amide bonds. The summed E-state index contributed by atoms with van der Waals surface area (Å²) in [4.78, 5) is 48.0. The van der Waals surface area contributed by atoms with Crippen LogP contribution in [0.2, 0.25) is 0 Å². The maximum Gasteiger partial charge on any atom is 0.451 e. The van der Waals surface area contributed by atoms with Gasteiger partial charge in [-0.3, -0.25) is 14.1 Å². The fourth-order valence-electron chi connectivity index (χ4n) is 6.28. The molecule has 0 unspecified atom stereocenters. The van der Waals surface area contributed by atoms with Crippen LogP contribution >= 0.6 is 0 Å². The number of nitrogens with two attached hydrogens (primary N) is 1. The number of anilines is 2. The van der Waals surface area contributed by atoms with E-state index in [9.17, 15) is 36.0 Å². The predicted molar refractivity (Wildman–Crippen MR) is 188 cm³/mol. The number of amides is 4. The molecule has 2 aliphatic rings. The van der Waals surface area contributed by atoms with Crippen molar-refractivity contribution in [2.24, 2.45) is 11.7 Å². The molecule has 1 aromatic carbocycles. The standard InChI is InChI=1S/C33H45F3N10O6S/c34-33(35,36)31-43-27(19-28(44-31)46-15-1-2-25(46)18-29(47)39-11-7-22-3-5-24(20-37)6-4-22)45-16-9-23(10-17-45)8-12-41-32(49)42-14-13-40-30(48)26(38)21-53(50,51)52/h3-6,19,23,25-26H,1-2,7-18,21,38H2,(H,39,47)(H,40,48)(H2,41,42,49)(H,50,51,52)/t25-,26-/m0/s1. The molecule has 0 radical (unpaired) electrons. The number of carbonyl (C=O) groups is 3. The Morgan fingerprint density at radius 2 is 1.62 bits per heavy atom. The number of benzene rings is 1. The summed E-state index contributed by atoms with van der Waals surface area (Å²) < 4.78 is 72.4. The van der Waals surface area contributed by atoms with Gasteiger partial charge < -0.3 is 36.8 Å². The van der Waals surface area contributed by atoms with Gasteiger partial charge in [0, 0.05) is 64.3 Å².